The zero-order chi connectivity index (χ0) is 18.9. The molecular weight excluding hydrogens is 403 g/mol. The molecule has 2 unspecified atom stereocenters. The van der Waals surface area contributed by atoms with E-state index in [0.717, 1.165) is 18.4 Å². The molecule has 1 aromatic rings. The van der Waals surface area contributed by atoms with E-state index in [4.69, 9.17) is 16.0 Å². The van der Waals surface area contributed by atoms with E-state index in [1.165, 1.54) is 5.38 Å². The minimum atomic E-state index is -5.01. The fourth-order valence-electron chi connectivity index (χ4n) is 2.04. The molecule has 2 atom stereocenters. The molecule has 1 fully saturated rings. The molecule has 13 nitrogen and oxygen atoms in total. The Kier molecular flexibility index (Phi) is 7.09. The summed E-state index contributed by atoms with van der Waals surface area (Å²) >= 11 is 1.01. The van der Waals surface area contributed by atoms with E-state index in [9.17, 15) is 22.8 Å². The average molecular weight is 416 g/mol. The summed E-state index contributed by atoms with van der Waals surface area (Å²) in [5, 5.41) is 7.10. The number of carbonyl (C=O) groups excluding carboxylic acids is 3. The van der Waals surface area contributed by atoms with Gasteiger partial charge in [0.1, 0.15) is 18.8 Å². The number of hydrogen-bond acceptors (Lipinski definition) is 10. The van der Waals surface area contributed by atoms with Gasteiger partial charge < -0.3 is 21.6 Å². The van der Waals surface area contributed by atoms with Crippen LogP contribution in [0.4, 0.5) is 5.13 Å². The zero-order valence-corrected chi connectivity index (χ0v) is 14.1. The quantitative estimate of drug-likeness (QED) is 0.119. The maximum atomic E-state index is 12.3. The molecule has 0 saturated carbocycles. The first-order chi connectivity index (χ1) is 11.6. The van der Waals surface area contributed by atoms with E-state index >= 15 is 0 Å². The van der Waals surface area contributed by atoms with Crippen LogP contribution in [-0.4, -0.2) is 94.4 Å². The second-order valence-electron chi connectivity index (χ2n) is 4.60. The number of nitrogens with two attached hydrogens (primary N) is 2. The number of amides is 3. The third-order valence-corrected chi connectivity index (χ3v) is 4.62. The van der Waals surface area contributed by atoms with Gasteiger partial charge in [0.2, 0.25) is 5.91 Å². The molecule has 2 rings (SSSR count). The van der Waals surface area contributed by atoms with Gasteiger partial charge in [-0.3, -0.25) is 18.9 Å². The normalized spacial score (nSPS) is 20.0. The Morgan fingerprint density at radius 3 is 2.54 bits per heavy atom. The third-order valence-electron chi connectivity index (χ3n) is 3.04. The summed E-state index contributed by atoms with van der Waals surface area (Å²) in [6, 6.07) is -3.39. The Bertz CT molecular complexity index is 869. The van der Waals surface area contributed by atoms with Gasteiger partial charge in [-0.15, -0.1) is 11.3 Å². The topological polar surface area (TPSA) is 207 Å². The second kappa shape index (κ2) is 8.28. The van der Waals surface area contributed by atoms with Crippen molar-refractivity contribution in [1.29, 1.82) is 0 Å². The van der Waals surface area contributed by atoms with Crippen LogP contribution in [-0.2, 0) is 29.5 Å². The predicted molar refractivity (Wildman–Crippen MR) is 90.5 cm³/mol. The van der Waals surface area contributed by atoms with Crippen LogP contribution in [0.25, 0.3) is 0 Å². The number of oxime groups is 1. The molecule has 0 aromatic carbocycles. The van der Waals surface area contributed by atoms with Crippen molar-refractivity contribution in [3.8, 4) is 0 Å². The van der Waals surface area contributed by atoms with E-state index in [-0.39, 0.29) is 50.4 Å². The van der Waals surface area contributed by atoms with Crippen molar-refractivity contribution < 1.29 is 32.2 Å². The van der Waals surface area contributed by atoms with E-state index in [1.807, 2.05) is 0 Å². The number of nitrogens with one attached hydrogen (secondary N) is 1. The van der Waals surface area contributed by atoms with Gasteiger partial charge in [-0.1, -0.05) is 5.16 Å². The van der Waals surface area contributed by atoms with Crippen molar-refractivity contribution >= 4 is 79.8 Å². The van der Waals surface area contributed by atoms with Gasteiger partial charge in [0, 0.05) is 5.38 Å². The van der Waals surface area contributed by atoms with Crippen LogP contribution in [0.15, 0.2) is 10.5 Å². The van der Waals surface area contributed by atoms with Crippen LogP contribution >= 0.6 is 11.3 Å². The molecule has 1 aromatic heterocycles. The van der Waals surface area contributed by atoms with Crippen LogP contribution in [0.1, 0.15) is 5.69 Å². The maximum absolute atomic E-state index is 12.3. The molecule has 0 radical (unpaired) electrons. The fraction of sp³-hybridized carbons (Fsp3) is 0.300. The second-order valence-corrected chi connectivity index (χ2v) is 6.78. The Balaban J connectivity index is 0.00000338. The number of thiazole rings is 1. The molecule has 1 aliphatic heterocycles. The molecule has 0 spiro atoms. The SMILES string of the molecule is CO/N=C(\C(=O)NC1C(=O)N(S(=O)(=O)O)C1C(N)=O)c1csc(N)n1.[NaH]. The summed E-state index contributed by atoms with van der Waals surface area (Å²) in [6.45, 7) is 0. The average Bonchev–Trinajstić information content (AvgIpc) is 2.91. The summed E-state index contributed by atoms with van der Waals surface area (Å²) in [6.07, 6.45) is 0. The molecule has 26 heavy (non-hydrogen) atoms. The number of nitrogens with zero attached hydrogens (tertiary/aromatic N) is 3. The van der Waals surface area contributed by atoms with Crippen molar-refractivity contribution in [3.05, 3.63) is 11.1 Å². The van der Waals surface area contributed by atoms with Crippen molar-refractivity contribution in [3.63, 3.8) is 0 Å². The fourth-order valence-corrected chi connectivity index (χ4v) is 3.44. The first kappa shape index (κ1) is 22.3. The summed E-state index contributed by atoms with van der Waals surface area (Å²) < 4.78 is 31.0. The standard InChI is InChI=1S/C10H12N6O7S2.Na.H/c1-23-15-4(3-2-24-10(12)13-3)8(18)14-5-6(7(11)17)16(9(5)19)25(20,21)22;;/h2,5-6H,1H3,(H2,11,17)(H2,12,13)(H,14,18)(H,20,21,22);;/b15-4-;;. The summed E-state index contributed by atoms with van der Waals surface area (Å²) in [4.78, 5) is 43.8. The van der Waals surface area contributed by atoms with Gasteiger partial charge in [0.05, 0.1) is 0 Å². The molecule has 0 bridgehead atoms. The Labute approximate surface area is 172 Å². The van der Waals surface area contributed by atoms with Gasteiger partial charge in [-0.05, 0) is 0 Å². The Morgan fingerprint density at radius 2 is 2.12 bits per heavy atom. The van der Waals surface area contributed by atoms with Crippen molar-refractivity contribution in [2.75, 3.05) is 12.8 Å². The first-order valence-corrected chi connectivity index (χ1v) is 8.59. The molecule has 2 heterocycles. The summed E-state index contributed by atoms with van der Waals surface area (Å²) in [5.41, 5.74) is 10.2. The van der Waals surface area contributed by atoms with Crippen molar-refractivity contribution in [2.24, 2.45) is 10.9 Å². The van der Waals surface area contributed by atoms with Crippen LogP contribution in [0, 0.1) is 0 Å². The van der Waals surface area contributed by atoms with Gasteiger partial charge in [-0.2, -0.15) is 12.7 Å². The van der Waals surface area contributed by atoms with Crippen LogP contribution < -0.4 is 16.8 Å². The number of nitrogen functional groups attached to an aromatic ring is 1. The van der Waals surface area contributed by atoms with Gasteiger partial charge in [0.25, 0.3) is 11.8 Å². The minimum absolute atomic E-state index is 0. The van der Waals surface area contributed by atoms with Gasteiger partial charge in [0.15, 0.2) is 16.9 Å². The number of hydrogen-bond donors (Lipinski definition) is 4. The van der Waals surface area contributed by atoms with Crippen molar-refractivity contribution in [2.45, 2.75) is 12.1 Å². The molecule has 1 saturated heterocycles. The monoisotopic (exact) mass is 416 g/mol. The van der Waals surface area contributed by atoms with Gasteiger partial charge in [-0.25, -0.2) is 4.98 Å². The Hall–Kier alpha value is -1.78. The zero-order valence-electron chi connectivity index (χ0n) is 12.4. The van der Waals surface area contributed by atoms with E-state index in [1.54, 1.807) is 0 Å². The summed E-state index contributed by atoms with van der Waals surface area (Å²) in [7, 11) is -3.85. The van der Waals surface area contributed by atoms with E-state index in [2.05, 4.69) is 20.3 Å². The van der Waals surface area contributed by atoms with Crippen molar-refractivity contribution in [1.82, 2.24) is 14.6 Å². The predicted octanol–water partition coefficient (Wildman–Crippen LogP) is -3.59. The molecule has 138 valence electrons. The first-order valence-electron chi connectivity index (χ1n) is 6.31. The van der Waals surface area contributed by atoms with Crippen LogP contribution in [0.3, 0.4) is 0 Å². The molecule has 6 N–H and O–H groups in total. The van der Waals surface area contributed by atoms with Crippen LogP contribution in [0.5, 0.6) is 0 Å². The number of aromatic nitrogens is 1. The van der Waals surface area contributed by atoms with E-state index in [0.29, 0.717) is 0 Å². The molecule has 1 aliphatic rings. The number of β-lactam (4-membered cyclic amide) rings is 1. The molecular formula is C10H13N6NaO7S2. The summed E-state index contributed by atoms with van der Waals surface area (Å²) in [5.74, 6) is -3.48. The number of anilines is 1. The van der Waals surface area contributed by atoms with Gasteiger partial charge >= 0.3 is 39.9 Å². The van der Waals surface area contributed by atoms with Crippen LogP contribution in [0.2, 0.25) is 0 Å². The number of carbonyl (C=O) groups is 3. The van der Waals surface area contributed by atoms with E-state index < -0.39 is 40.1 Å². The molecule has 16 heteroatoms. The molecule has 0 aliphatic carbocycles. The Morgan fingerprint density at radius 1 is 1.50 bits per heavy atom. The molecule has 3 amide bonds. The third kappa shape index (κ3) is 4.30. The number of rotatable bonds is 6. The number of primary amides is 1.